The molecule has 1 atom stereocenters. The molecule has 0 fully saturated rings. The Morgan fingerprint density at radius 3 is 2.68 bits per heavy atom. The third-order valence-electron chi connectivity index (χ3n) is 2.57. The van der Waals surface area contributed by atoms with Gasteiger partial charge in [0.15, 0.2) is 0 Å². The average molecular weight is 328 g/mol. The summed E-state index contributed by atoms with van der Waals surface area (Å²) in [6, 6.07) is 3.01. The summed E-state index contributed by atoms with van der Waals surface area (Å²) >= 11 is 1.11. The van der Waals surface area contributed by atoms with E-state index in [4.69, 9.17) is 5.73 Å². The number of thiophene rings is 1. The minimum Gasteiger partial charge on any atom is -0.341 e. The zero-order chi connectivity index (χ0) is 13.8. The van der Waals surface area contributed by atoms with Crippen LogP contribution in [-0.4, -0.2) is 45.4 Å². The van der Waals surface area contributed by atoms with E-state index < -0.39 is 10.0 Å². The number of halogens is 1. The van der Waals surface area contributed by atoms with E-state index in [1.807, 2.05) is 0 Å². The summed E-state index contributed by atoms with van der Waals surface area (Å²) in [7, 11) is -1.99. The van der Waals surface area contributed by atoms with E-state index in [-0.39, 0.29) is 35.1 Å². The van der Waals surface area contributed by atoms with Gasteiger partial charge < -0.3 is 10.6 Å². The quantitative estimate of drug-likeness (QED) is 0.783. The number of nitrogens with one attached hydrogen (secondary N) is 1. The smallest absolute Gasteiger partial charge is 0.250 e. The number of nitrogens with zero attached hydrogens (tertiary/aromatic N) is 1. The predicted octanol–water partition coefficient (Wildman–Crippen LogP) is 0.254. The maximum absolute atomic E-state index is 11.8. The van der Waals surface area contributed by atoms with Gasteiger partial charge in [-0.25, -0.2) is 13.1 Å². The Labute approximate surface area is 123 Å². The summed E-state index contributed by atoms with van der Waals surface area (Å²) in [4.78, 5) is 13.1. The lowest BCUT2D eigenvalue weighted by atomic mass is 10.3. The maximum atomic E-state index is 11.8. The van der Waals surface area contributed by atoms with E-state index in [2.05, 4.69) is 4.72 Å². The molecule has 0 saturated heterocycles. The minimum atomic E-state index is -3.59. The molecule has 0 aliphatic rings. The van der Waals surface area contributed by atoms with Crippen LogP contribution in [0.1, 0.15) is 6.92 Å². The standard InChI is InChI=1S/C10H17N3O3S2.ClH/c1-8(6-11)13(2)9(14)7-12-18(15,16)10-4-3-5-17-10;/h3-5,8,12H,6-7,11H2,1-2H3;1H. The highest BCUT2D eigenvalue weighted by atomic mass is 35.5. The van der Waals surface area contributed by atoms with Crippen molar-refractivity contribution in [1.82, 2.24) is 9.62 Å². The SMILES string of the molecule is CC(CN)N(C)C(=O)CNS(=O)(=O)c1cccs1.Cl. The van der Waals surface area contributed by atoms with Gasteiger partial charge in [0.1, 0.15) is 4.21 Å². The van der Waals surface area contributed by atoms with Gasteiger partial charge in [-0.05, 0) is 18.4 Å². The van der Waals surface area contributed by atoms with Crippen LogP contribution in [0.3, 0.4) is 0 Å². The van der Waals surface area contributed by atoms with Crippen molar-refractivity contribution in [3.63, 3.8) is 0 Å². The first-order valence-corrected chi connectivity index (χ1v) is 7.73. The van der Waals surface area contributed by atoms with Crippen molar-refractivity contribution in [3.05, 3.63) is 17.5 Å². The molecule has 1 amide bonds. The molecule has 0 spiro atoms. The van der Waals surface area contributed by atoms with Gasteiger partial charge in [0, 0.05) is 19.6 Å². The van der Waals surface area contributed by atoms with Crippen molar-refractivity contribution in [3.8, 4) is 0 Å². The summed E-state index contributed by atoms with van der Waals surface area (Å²) in [5.74, 6) is -0.312. The van der Waals surface area contributed by atoms with Gasteiger partial charge in [0.05, 0.1) is 6.54 Å². The Hall–Kier alpha value is -0.670. The lowest BCUT2D eigenvalue weighted by Gasteiger charge is -2.23. The van der Waals surface area contributed by atoms with Crippen molar-refractivity contribution in [2.45, 2.75) is 17.2 Å². The van der Waals surface area contributed by atoms with Crippen molar-refractivity contribution >= 4 is 39.7 Å². The Morgan fingerprint density at radius 2 is 2.21 bits per heavy atom. The van der Waals surface area contributed by atoms with Gasteiger partial charge in [-0.2, -0.15) is 0 Å². The first-order chi connectivity index (χ1) is 8.38. The molecular formula is C10H18ClN3O3S2. The van der Waals surface area contributed by atoms with Crippen LogP contribution >= 0.6 is 23.7 Å². The molecule has 6 nitrogen and oxygen atoms in total. The fourth-order valence-corrected chi connectivity index (χ4v) is 3.18. The van der Waals surface area contributed by atoms with Gasteiger partial charge in [-0.15, -0.1) is 23.7 Å². The number of rotatable bonds is 6. The second-order valence-corrected chi connectivity index (χ2v) is 6.79. The monoisotopic (exact) mass is 327 g/mol. The molecular weight excluding hydrogens is 310 g/mol. The van der Waals surface area contributed by atoms with Crippen LogP contribution < -0.4 is 10.5 Å². The van der Waals surface area contributed by atoms with Gasteiger partial charge in [0.2, 0.25) is 5.91 Å². The van der Waals surface area contributed by atoms with Gasteiger partial charge in [0.25, 0.3) is 10.0 Å². The highest BCUT2D eigenvalue weighted by Gasteiger charge is 2.19. The third-order valence-corrected chi connectivity index (χ3v) is 5.37. The minimum absolute atomic E-state index is 0. The summed E-state index contributed by atoms with van der Waals surface area (Å²) in [6.45, 7) is 1.87. The highest BCUT2D eigenvalue weighted by molar-refractivity contribution is 7.91. The molecule has 0 radical (unpaired) electrons. The molecule has 1 aromatic heterocycles. The van der Waals surface area contributed by atoms with Crippen LogP contribution in [0.15, 0.2) is 21.7 Å². The second-order valence-electron chi connectivity index (χ2n) is 3.85. The molecule has 0 saturated carbocycles. The summed E-state index contributed by atoms with van der Waals surface area (Å²) in [6.07, 6.45) is 0. The number of carbonyl (C=O) groups is 1. The van der Waals surface area contributed by atoms with Crippen molar-refractivity contribution in [1.29, 1.82) is 0 Å². The zero-order valence-electron chi connectivity index (χ0n) is 10.7. The highest BCUT2D eigenvalue weighted by Crippen LogP contribution is 2.14. The summed E-state index contributed by atoms with van der Waals surface area (Å²) in [5, 5.41) is 1.67. The summed E-state index contributed by atoms with van der Waals surface area (Å²) < 4.78 is 26.0. The molecule has 9 heteroatoms. The Bertz CT molecular complexity index is 490. The normalized spacial score (nSPS) is 12.6. The van der Waals surface area contributed by atoms with Crippen molar-refractivity contribution in [2.75, 3.05) is 20.1 Å². The summed E-state index contributed by atoms with van der Waals surface area (Å²) in [5.41, 5.74) is 5.44. The molecule has 1 rings (SSSR count). The van der Waals surface area contributed by atoms with E-state index in [9.17, 15) is 13.2 Å². The van der Waals surface area contributed by atoms with Crippen LogP contribution in [0.2, 0.25) is 0 Å². The maximum Gasteiger partial charge on any atom is 0.250 e. The van der Waals surface area contributed by atoms with E-state index >= 15 is 0 Å². The number of hydrogen-bond donors (Lipinski definition) is 2. The lowest BCUT2D eigenvalue weighted by Crippen LogP contribution is -2.44. The molecule has 3 N–H and O–H groups in total. The van der Waals surface area contributed by atoms with Gasteiger partial charge in [-0.3, -0.25) is 4.79 Å². The Balaban J connectivity index is 0.00000324. The molecule has 1 heterocycles. The molecule has 0 aromatic carbocycles. The van der Waals surface area contributed by atoms with Gasteiger partial charge in [-0.1, -0.05) is 6.07 Å². The number of hydrogen-bond acceptors (Lipinski definition) is 5. The lowest BCUT2D eigenvalue weighted by molar-refractivity contribution is -0.130. The Kier molecular flexibility index (Phi) is 7.53. The molecule has 110 valence electrons. The second kappa shape index (κ2) is 7.81. The number of likely N-dealkylation sites (N-methyl/N-ethyl adjacent to an activating group) is 1. The van der Waals surface area contributed by atoms with E-state index in [0.717, 1.165) is 11.3 Å². The molecule has 0 bridgehead atoms. The molecule has 1 aromatic rings. The van der Waals surface area contributed by atoms with Crippen molar-refractivity contribution in [2.24, 2.45) is 5.73 Å². The average Bonchev–Trinajstić information content (AvgIpc) is 2.88. The van der Waals surface area contributed by atoms with Crippen molar-refractivity contribution < 1.29 is 13.2 Å². The first-order valence-electron chi connectivity index (χ1n) is 5.37. The molecule has 19 heavy (non-hydrogen) atoms. The third kappa shape index (κ3) is 5.07. The molecule has 0 aliphatic carbocycles. The van der Waals surface area contributed by atoms with Crippen LogP contribution in [0, 0.1) is 0 Å². The van der Waals surface area contributed by atoms with E-state index in [0.29, 0.717) is 6.54 Å². The number of sulfonamides is 1. The topological polar surface area (TPSA) is 92.5 Å². The molecule has 0 aliphatic heterocycles. The van der Waals surface area contributed by atoms with Crippen LogP contribution in [-0.2, 0) is 14.8 Å². The number of amides is 1. The predicted molar refractivity (Wildman–Crippen MR) is 78.0 cm³/mol. The number of carbonyl (C=O) groups excluding carboxylic acids is 1. The zero-order valence-corrected chi connectivity index (χ0v) is 13.1. The fraction of sp³-hybridized carbons (Fsp3) is 0.500. The largest absolute Gasteiger partial charge is 0.341 e. The first kappa shape index (κ1) is 18.3. The Morgan fingerprint density at radius 1 is 1.58 bits per heavy atom. The van der Waals surface area contributed by atoms with Gasteiger partial charge >= 0.3 is 0 Å². The van der Waals surface area contributed by atoms with Crippen LogP contribution in [0.25, 0.3) is 0 Å². The fourth-order valence-electron chi connectivity index (χ4n) is 1.17. The van der Waals surface area contributed by atoms with Crippen LogP contribution in [0.4, 0.5) is 0 Å². The molecule has 1 unspecified atom stereocenters. The van der Waals surface area contributed by atoms with E-state index in [1.54, 1.807) is 25.4 Å². The van der Waals surface area contributed by atoms with E-state index in [1.165, 1.54) is 11.0 Å². The van der Waals surface area contributed by atoms with Crippen LogP contribution in [0.5, 0.6) is 0 Å². The number of nitrogens with two attached hydrogens (primary N) is 1.